The monoisotopic (exact) mass is 423 g/mol. The molecule has 0 bridgehead atoms. The molecule has 1 saturated heterocycles. The number of benzene rings is 1. The average Bonchev–Trinajstić information content (AvgIpc) is 2.42. The van der Waals surface area contributed by atoms with E-state index in [0.29, 0.717) is 12.6 Å². The predicted octanol–water partition coefficient (Wildman–Crippen LogP) is 2.64. The van der Waals surface area contributed by atoms with E-state index >= 15 is 0 Å². The quantitative estimate of drug-likeness (QED) is 0.732. The third-order valence-electron chi connectivity index (χ3n) is 3.74. The molecule has 0 aromatic heterocycles. The number of carbonyl (C=O) groups is 1. The van der Waals surface area contributed by atoms with Gasteiger partial charge >= 0.3 is 0 Å². The van der Waals surface area contributed by atoms with Crippen molar-refractivity contribution in [2.45, 2.75) is 25.8 Å². The fourth-order valence-electron chi connectivity index (χ4n) is 2.59. The lowest BCUT2D eigenvalue weighted by molar-refractivity contribution is -0.117. The number of nitrogens with zero attached hydrogens (tertiary/aromatic N) is 1. The number of anilines is 1. The molecule has 1 aromatic rings. The Kier molecular flexibility index (Phi) is 7.94. The van der Waals surface area contributed by atoms with Crippen LogP contribution >= 0.6 is 35.0 Å². The van der Waals surface area contributed by atoms with E-state index in [9.17, 15) is 4.79 Å². The molecule has 0 radical (unpaired) electrons. The van der Waals surface area contributed by atoms with Crippen molar-refractivity contribution in [1.29, 1.82) is 0 Å². The molecule has 1 unspecified atom stereocenters. The lowest BCUT2D eigenvalue weighted by Crippen LogP contribution is -2.46. The zero-order chi connectivity index (χ0) is 14.5. The van der Waals surface area contributed by atoms with Crippen LogP contribution in [0.25, 0.3) is 0 Å². The van der Waals surface area contributed by atoms with Gasteiger partial charge in [0.15, 0.2) is 0 Å². The molecular formula is C15H23ClIN3O. The summed E-state index contributed by atoms with van der Waals surface area (Å²) in [5, 5.41) is 6.31. The molecule has 118 valence electrons. The van der Waals surface area contributed by atoms with Crippen molar-refractivity contribution in [3.63, 3.8) is 0 Å². The maximum absolute atomic E-state index is 12.1. The van der Waals surface area contributed by atoms with Crippen LogP contribution < -0.4 is 10.6 Å². The first-order valence-corrected chi connectivity index (χ1v) is 8.12. The highest BCUT2D eigenvalue weighted by atomic mass is 127. The number of nitrogens with one attached hydrogen (secondary N) is 2. The van der Waals surface area contributed by atoms with Gasteiger partial charge in [-0.25, -0.2) is 0 Å². The standard InChI is InChI=1S/C15H22IN3O.ClH/c1-11-8-12(16)5-6-14(11)18-15(20)10-19-7-3-4-13(9-19)17-2;/h5-6,8,13,17H,3-4,7,9-10H2,1-2H3,(H,18,20);1H. The van der Waals surface area contributed by atoms with E-state index in [4.69, 9.17) is 0 Å². The van der Waals surface area contributed by atoms with Crippen LogP contribution in [0.1, 0.15) is 18.4 Å². The number of halogens is 2. The highest BCUT2D eigenvalue weighted by Gasteiger charge is 2.20. The summed E-state index contributed by atoms with van der Waals surface area (Å²) in [6, 6.07) is 6.58. The number of likely N-dealkylation sites (tertiary alicyclic amines) is 1. The molecule has 2 N–H and O–H groups in total. The van der Waals surface area contributed by atoms with Crippen LogP contribution in [-0.2, 0) is 4.79 Å². The Morgan fingerprint density at radius 1 is 1.48 bits per heavy atom. The number of hydrogen-bond acceptors (Lipinski definition) is 3. The maximum Gasteiger partial charge on any atom is 0.238 e. The second-order valence-corrected chi connectivity index (χ2v) is 6.62. The van der Waals surface area contributed by atoms with Gasteiger partial charge in [0.1, 0.15) is 0 Å². The van der Waals surface area contributed by atoms with E-state index < -0.39 is 0 Å². The average molecular weight is 424 g/mol. The molecule has 21 heavy (non-hydrogen) atoms. The van der Waals surface area contributed by atoms with Gasteiger partial charge in [-0.15, -0.1) is 12.4 Å². The van der Waals surface area contributed by atoms with Crippen LogP contribution in [0.15, 0.2) is 18.2 Å². The third kappa shape index (κ3) is 5.73. The lowest BCUT2D eigenvalue weighted by Gasteiger charge is -2.31. The minimum atomic E-state index is 0. The number of carbonyl (C=O) groups excluding carboxylic acids is 1. The summed E-state index contributed by atoms with van der Waals surface area (Å²) in [5.74, 6) is 0.0751. The fraction of sp³-hybridized carbons (Fsp3) is 0.533. The predicted molar refractivity (Wildman–Crippen MR) is 98.3 cm³/mol. The van der Waals surface area contributed by atoms with Gasteiger partial charge in [-0.05, 0) is 79.7 Å². The Morgan fingerprint density at radius 2 is 2.24 bits per heavy atom. The summed E-state index contributed by atoms with van der Waals surface area (Å²) in [4.78, 5) is 14.4. The van der Waals surface area contributed by atoms with Gasteiger partial charge in [-0.2, -0.15) is 0 Å². The highest BCUT2D eigenvalue weighted by molar-refractivity contribution is 14.1. The van der Waals surface area contributed by atoms with Gasteiger partial charge < -0.3 is 10.6 Å². The van der Waals surface area contributed by atoms with Crippen molar-refractivity contribution in [3.8, 4) is 0 Å². The van der Waals surface area contributed by atoms with Gasteiger partial charge in [-0.3, -0.25) is 9.69 Å². The molecule has 1 aromatic carbocycles. The Labute approximate surface area is 146 Å². The third-order valence-corrected chi connectivity index (χ3v) is 4.41. The van der Waals surface area contributed by atoms with Crippen molar-refractivity contribution in [2.75, 3.05) is 32.0 Å². The van der Waals surface area contributed by atoms with Crippen LogP contribution in [-0.4, -0.2) is 43.5 Å². The van der Waals surface area contributed by atoms with Crippen LogP contribution in [0.4, 0.5) is 5.69 Å². The molecule has 1 amide bonds. The molecule has 1 atom stereocenters. The maximum atomic E-state index is 12.1. The number of hydrogen-bond donors (Lipinski definition) is 2. The minimum absolute atomic E-state index is 0. The molecule has 2 rings (SSSR count). The number of aryl methyl sites for hydroxylation is 1. The number of rotatable bonds is 4. The fourth-order valence-corrected chi connectivity index (χ4v) is 3.24. The highest BCUT2D eigenvalue weighted by Crippen LogP contribution is 2.18. The van der Waals surface area contributed by atoms with E-state index in [-0.39, 0.29) is 18.3 Å². The van der Waals surface area contributed by atoms with Crippen LogP contribution in [0.2, 0.25) is 0 Å². The molecular weight excluding hydrogens is 401 g/mol. The summed E-state index contributed by atoms with van der Waals surface area (Å²) >= 11 is 2.28. The Bertz CT molecular complexity index is 484. The van der Waals surface area contributed by atoms with E-state index in [1.54, 1.807) is 0 Å². The van der Waals surface area contributed by atoms with Crippen molar-refractivity contribution in [1.82, 2.24) is 10.2 Å². The van der Waals surface area contributed by atoms with E-state index in [0.717, 1.165) is 30.8 Å². The second-order valence-electron chi connectivity index (χ2n) is 5.37. The Morgan fingerprint density at radius 3 is 2.90 bits per heavy atom. The van der Waals surface area contributed by atoms with Crippen molar-refractivity contribution < 1.29 is 4.79 Å². The summed E-state index contributed by atoms with van der Waals surface area (Å²) < 4.78 is 1.19. The van der Waals surface area contributed by atoms with Gasteiger partial charge in [0.2, 0.25) is 5.91 Å². The number of amides is 1. The topological polar surface area (TPSA) is 44.4 Å². The zero-order valence-corrected chi connectivity index (χ0v) is 15.5. The van der Waals surface area contributed by atoms with E-state index in [1.165, 1.54) is 9.99 Å². The van der Waals surface area contributed by atoms with E-state index in [1.807, 2.05) is 26.1 Å². The van der Waals surface area contributed by atoms with Crippen molar-refractivity contribution in [3.05, 3.63) is 27.3 Å². The molecule has 4 nitrogen and oxygen atoms in total. The molecule has 0 spiro atoms. The van der Waals surface area contributed by atoms with E-state index in [2.05, 4.69) is 44.2 Å². The second kappa shape index (κ2) is 8.92. The molecule has 6 heteroatoms. The molecule has 1 aliphatic heterocycles. The zero-order valence-electron chi connectivity index (χ0n) is 12.5. The van der Waals surface area contributed by atoms with Crippen molar-refractivity contribution >= 4 is 46.6 Å². The molecule has 1 aliphatic rings. The first-order chi connectivity index (χ1) is 9.58. The minimum Gasteiger partial charge on any atom is -0.325 e. The normalized spacial score (nSPS) is 18.9. The lowest BCUT2D eigenvalue weighted by atomic mass is 10.1. The van der Waals surface area contributed by atoms with Gasteiger partial charge in [0.05, 0.1) is 6.54 Å². The van der Waals surface area contributed by atoms with Crippen LogP contribution in [0, 0.1) is 10.5 Å². The number of likely N-dealkylation sites (N-methyl/N-ethyl adjacent to an activating group) is 1. The smallest absolute Gasteiger partial charge is 0.238 e. The molecule has 1 heterocycles. The Hall–Kier alpha value is -0.370. The van der Waals surface area contributed by atoms with Crippen molar-refractivity contribution in [2.24, 2.45) is 0 Å². The first kappa shape index (κ1) is 18.7. The largest absolute Gasteiger partial charge is 0.325 e. The van der Waals surface area contributed by atoms with Gasteiger partial charge in [-0.1, -0.05) is 0 Å². The van der Waals surface area contributed by atoms with Crippen LogP contribution in [0.3, 0.4) is 0 Å². The first-order valence-electron chi connectivity index (χ1n) is 7.04. The van der Waals surface area contributed by atoms with Gasteiger partial charge in [0.25, 0.3) is 0 Å². The summed E-state index contributed by atoms with van der Waals surface area (Å²) in [6.07, 6.45) is 2.35. The van der Waals surface area contributed by atoms with Crippen LogP contribution in [0.5, 0.6) is 0 Å². The SMILES string of the molecule is CNC1CCCN(CC(=O)Nc2ccc(I)cc2C)C1.Cl. The summed E-state index contributed by atoms with van der Waals surface area (Å²) in [5.41, 5.74) is 2.02. The summed E-state index contributed by atoms with van der Waals surface area (Å²) in [6.45, 7) is 4.46. The molecule has 1 fully saturated rings. The van der Waals surface area contributed by atoms with Gasteiger partial charge in [0, 0.05) is 21.8 Å². The Balaban J connectivity index is 0.00000220. The molecule has 0 saturated carbocycles. The molecule has 0 aliphatic carbocycles. The number of piperidine rings is 1. The summed E-state index contributed by atoms with van der Waals surface area (Å²) in [7, 11) is 1.99.